The van der Waals surface area contributed by atoms with Crippen LogP contribution in [-0.2, 0) is 6.54 Å². The molecule has 0 aliphatic heterocycles. The zero-order valence-corrected chi connectivity index (χ0v) is 15.1. The average Bonchev–Trinajstić information content (AvgIpc) is 3.13. The van der Waals surface area contributed by atoms with E-state index in [0.29, 0.717) is 17.1 Å². The number of amides is 1. The van der Waals surface area contributed by atoms with Gasteiger partial charge >= 0.3 is 0 Å². The van der Waals surface area contributed by atoms with E-state index in [1.807, 2.05) is 0 Å². The molecule has 10 heteroatoms. The highest BCUT2D eigenvalue weighted by molar-refractivity contribution is 6.30. The van der Waals surface area contributed by atoms with Gasteiger partial charge in [0, 0.05) is 28.9 Å². The van der Waals surface area contributed by atoms with Crippen molar-refractivity contribution >= 4 is 29.4 Å². The van der Waals surface area contributed by atoms with Crippen molar-refractivity contribution in [1.82, 2.24) is 15.2 Å². The summed E-state index contributed by atoms with van der Waals surface area (Å²) in [4.78, 5) is 22.3. The molecular weight excluding hydrogens is 386 g/mol. The molecule has 142 valence electrons. The summed E-state index contributed by atoms with van der Waals surface area (Å²) in [6.07, 6.45) is 2.88. The molecule has 0 saturated heterocycles. The molecule has 1 aromatic heterocycles. The summed E-state index contributed by atoms with van der Waals surface area (Å²) in [6.45, 7) is 0.352. The van der Waals surface area contributed by atoms with Gasteiger partial charge in [-0.1, -0.05) is 23.7 Å². The third kappa shape index (κ3) is 4.71. The Morgan fingerprint density at radius 3 is 2.75 bits per heavy atom. The third-order valence-electron chi connectivity index (χ3n) is 3.72. The lowest BCUT2D eigenvalue weighted by atomic mass is 10.2. The summed E-state index contributed by atoms with van der Waals surface area (Å²) in [5.41, 5.74) is 3.63. The van der Waals surface area contributed by atoms with Gasteiger partial charge in [-0.15, -0.1) is 0 Å². The maximum absolute atomic E-state index is 12.1. The minimum atomic E-state index is -0.528. The molecule has 0 atom stereocenters. The van der Waals surface area contributed by atoms with E-state index in [1.54, 1.807) is 18.3 Å². The van der Waals surface area contributed by atoms with Crippen LogP contribution in [0.15, 0.2) is 59.8 Å². The van der Waals surface area contributed by atoms with Crippen LogP contribution in [0.3, 0.4) is 0 Å². The number of phenolic OH excluding ortho intramolecular Hbond substituents is 1. The Labute approximate surface area is 164 Å². The van der Waals surface area contributed by atoms with Gasteiger partial charge in [-0.05, 0) is 29.8 Å². The topological polar surface area (TPSA) is 123 Å². The quantitative estimate of drug-likeness (QED) is 0.374. The second-order valence-electron chi connectivity index (χ2n) is 5.72. The molecular formula is C18H14ClN5O4. The Bertz CT molecular complexity index is 1050. The predicted molar refractivity (Wildman–Crippen MR) is 103 cm³/mol. The molecule has 0 fully saturated rings. The van der Waals surface area contributed by atoms with E-state index in [4.69, 9.17) is 11.6 Å². The first-order valence-electron chi connectivity index (χ1n) is 8.01. The van der Waals surface area contributed by atoms with Gasteiger partial charge in [0.05, 0.1) is 17.7 Å². The second kappa shape index (κ2) is 8.31. The average molecular weight is 400 g/mol. The molecule has 0 saturated carbocycles. The van der Waals surface area contributed by atoms with Crippen molar-refractivity contribution < 1.29 is 14.8 Å². The maximum atomic E-state index is 12.1. The zero-order chi connectivity index (χ0) is 20.1. The molecule has 0 unspecified atom stereocenters. The summed E-state index contributed by atoms with van der Waals surface area (Å²) in [7, 11) is 0. The molecule has 1 heterocycles. The summed E-state index contributed by atoms with van der Waals surface area (Å²) in [6, 6.07) is 12.1. The molecule has 1 amide bonds. The number of aromatic hydroxyl groups is 1. The van der Waals surface area contributed by atoms with E-state index in [-0.39, 0.29) is 17.1 Å². The summed E-state index contributed by atoms with van der Waals surface area (Å²) in [5.74, 6) is -0.546. The van der Waals surface area contributed by atoms with Crippen LogP contribution in [-0.4, -0.2) is 31.9 Å². The van der Waals surface area contributed by atoms with Gasteiger partial charge < -0.3 is 5.11 Å². The van der Waals surface area contributed by atoms with Crippen molar-refractivity contribution in [2.45, 2.75) is 6.54 Å². The molecule has 0 aliphatic carbocycles. The Kier molecular flexibility index (Phi) is 5.66. The number of non-ortho nitro benzene ring substituents is 1. The Balaban J connectivity index is 1.61. The molecule has 2 aromatic carbocycles. The fourth-order valence-electron chi connectivity index (χ4n) is 2.33. The number of carbonyl (C=O) groups excluding carboxylic acids is 1. The van der Waals surface area contributed by atoms with Crippen LogP contribution in [0.1, 0.15) is 21.6 Å². The van der Waals surface area contributed by atoms with Gasteiger partial charge in [-0.2, -0.15) is 10.2 Å². The van der Waals surface area contributed by atoms with E-state index in [0.717, 1.165) is 5.56 Å². The van der Waals surface area contributed by atoms with E-state index < -0.39 is 10.8 Å². The molecule has 9 nitrogen and oxygen atoms in total. The smallest absolute Gasteiger partial charge is 0.291 e. The Hall–Kier alpha value is -3.72. The van der Waals surface area contributed by atoms with Crippen molar-refractivity contribution in [1.29, 1.82) is 0 Å². The number of nitrogens with zero attached hydrogens (tertiary/aromatic N) is 4. The van der Waals surface area contributed by atoms with Crippen LogP contribution in [0.5, 0.6) is 5.75 Å². The number of nitro groups is 1. The summed E-state index contributed by atoms with van der Waals surface area (Å²) in [5, 5.41) is 28.7. The maximum Gasteiger partial charge on any atom is 0.291 e. The number of nitro benzene ring substituents is 1. The largest absolute Gasteiger partial charge is 0.507 e. The monoisotopic (exact) mass is 399 g/mol. The van der Waals surface area contributed by atoms with Crippen LogP contribution >= 0.6 is 11.6 Å². The van der Waals surface area contributed by atoms with Crippen molar-refractivity contribution in [2.75, 3.05) is 0 Å². The first kappa shape index (κ1) is 19.1. The van der Waals surface area contributed by atoms with Crippen LogP contribution in [0, 0.1) is 10.1 Å². The number of hydrogen-bond acceptors (Lipinski definition) is 6. The number of benzene rings is 2. The van der Waals surface area contributed by atoms with Crippen molar-refractivity contribution in [3.63, 3.8) is 0 Å². The second-order valence-corrected chi connectivity index (χ2v) is 6.16. The highest BCUT2D eigenvalue weighted by Gasteiger charge is 2.10. The zero-order valence-electron chi connectivity index (χ0n) is 14.3. The highest BCUT2D eigenvalue weighted by Crippen LogP contribution is 2.19. The van der Waals surface area contributed by atoms with Crippen LogP contribution in [0.4, 0.5) is 5.69 Å². The first-order chi connectivity index (χ1) is 13.4. The van der Waals surface area contributed by atoms with Crippen LogP contribution in [0.2, 0.25) is 5.02 Å². The number of rotatable bonds is 6. The van der Waals surface area contributed by atoms with Crippen LogP contribution in [0.25, 0.3) is 0 Å². The molecule has 0 radical (unpaired) electrons. The number of nitrogens with one attached hydrogen (secondary N) is 1. The van der Waals surface area contributed by atoms with E-state index in [2.05, 4.69) is 15.6 Å². The van der Waals surface area contributed by atoms with E-state index in [1.165, 1.54) is 47.3 Å². The lowest BCUT2D eigenvalue weighted by Crippen LogP contribution is -2.18. The molecule has 0 aliphatic rings. The highest BCUT2D eigenvalue weighted by atomic mass is 35.5. The summed E-state index contributed by atoms with van der Waals surface area (Å²) >= 11 is 5.84. The van der Waals surface area contributed by atoms with Crippen molar-refractivity contribution in [2.24, 2.45) is 5.10 Å². The van der Waals surface area contributed by atoms with Gasteiger partial charge in [0.1, 0.15) is 5.75 Å². The first-order valence-corrected chi connectivity index (χ1v) is 8.39. The number of hydrazone groups is 1. The summed E-state index contributed by atoms with van der Waals surface area (Å²) < 4.78 is 1.53. The fourth-order valence-corrected chi connectivity index (χ4v) is 2.51. The van der Waals surface area contributed by atoms with Crippen LogP contribution < -0.4 is 5.43 Å². The minimum absolute atomic E-state index is 0.00730. The van der Waals surface area contributed by atoms with Gasteiger partial charge in [-0.3, -0.25) is 19.6 Å². The molecule has 0 bridgehead atoms. The normalized spacial score (nSPS) is 10.9. The van der Waals surface area contributed by atoms with Crippen molar-refractivity contribution in [3.05, 3.63) is 86.7 Å². The number of aromatic nitrogens is 2. The molecule has 2 N–H and O–H groups in total. The SMILES string of the molecule is O=C(N/N=C/c1cc(Cl)ccc1O)c1ccn(Cc2ccc([N+](=O)[O-])cc2)n1. The minimum Gasteiger partial charge on any atom is -0.507 e. The molecule has 0 spiro atoms. The Morgan fingerprint density at radius 1 is 1.29 bits per heavy atom. The van der Waals surface area contributed by atoms with E-state index in [9.17, 15) is 20.0 Å². The van der Waals surface area contributed by atoms with Gasteiger partial charge in [-0.25, -0.2) is 5.43 Å². The van der Waals surface area contributed by atoms with Gasteiger partial charge in [0.15, 0.2) is 5.69 Å². The molecule has 28 heavy (non-hydrogen) atoms. The van der Waals surface area contributed by atoms with Gasteiger partial charge in [0.2, 0.25) is 0 Å². The number of hydrogen-bond donors (Lipinski definition) is 2. The number of carbonyl (C=O) groups is 1. The van der Waals surface area contributed by atoms with Crippen molar-refractivity contribution in [3.8, 4) is 5.75 Å². The Morgan fingerprint density at radius 2 is 2.04 bits per heavy atom. The lowest BCUT2D eigenvalue weighted by molar-refractivity contribution is -0.384. The van der Waals surface area contributed by atoms with Gasteiger partial charge in [0.25, 0.3) is 11.6 Å². The molecule has 3 rings (SSSR count). The number of phenols is 1. The number of halogens is 1. The predicted octanol–water partition coefficient (Wildman–Crippen LogP) is 2.96. The lowest BCUT2D eigenvalue weighted by Gasteiger charge is -2.02. The molecule has 3 aromatic rings. The fraction of sp³-hybridized carbons (Fsp3) is 0.0556. The third-order valence-corrected chi connectivity index (χ3v) is 3.96. The van der Waals surface area contributed by atoms with E-state index >= 15 is 0 Å². The standard InChI is InChI=1S/C18H14ClN5O4/c19-14-3-6-17(25)13(9-14)10-20-21-18(26)16-7-8-23(22-16)11-12-1-4-15(5-2-12)24(27)28/h1-10,25H,11H2,(H,21,26)/b20-10+.